The van der Waals surface area contributed by atoms with Crippen LogP contribution in [0.4, 0.5) is 8.78 Å². The van der Waals surface area contributed by atoms with Gasteiger partial charge in [-0.1, -0.05) is 31.2 Å². The van der Waals surface area contributed by atoms with Crippen molar-refractivity contribution in [2.45, 2.75) is 25.9 Å². The van der Waals surface area contributed by atoms with E-state index in [2.05, 4.69) is 6.92 Å². The molecule has 110 valence electrons. The molecule has 1 fully saturated rings. The zero-order valence-corrected chi connectivity index (χ0v) is 12.0. The highest BCUT2D eigenvalue weighted by molar-refractivity contribution is 5.63. The SMILES string of the molecule is CC1CCC(c2ccc(-c3cccc(F)c3)cc2F)OC1. The summed E-state index contributed by atoms with van der Waals surface area (Å²) in [7, 11) is 0. The van der Waals surface area contributed by atoms with Crippen molar-refractivity contribution in [3.8, 4) is 11.1 Å². The fourth-order valence-electron chi connectivity index (χ4n) is 2.76. The van der Waals surface area contributed by atoms with Crippen molar-refractivity contribution < 1.29 is 13.5 Å². The molecule has 3 rings (SSSR count). The largest absolute Gasteiger partial charge is 0.373 e. The highest BCUT2D eigenvalue weighted by atomic mass is 19.1. The van der Waals surface area contributed by atoms with E-state index in [1.54, 1.807) is 18.2 Å². The zero-order valence-electron chi connectivity index (χ0n) is 12.0. The van der Waals surface area contributed by atoms with Gasteiger partial charge >= 0.3 is 0 Å². The fraction of sp³-hybridized carbons (Fsp3) is 0.333. The first-order chi connectivity index (χ1) is 10.1. The number of hydrogen-bond acceptors (Lipinski definition) is 1. The molecular formula is C18H18F2O. The molecular weight excluding hydrogens is 270 g/mol. The first-order valence-electron chi connectivity index (χ1n) is 7.30. The summed E-state index contributed by atoms with van der Waals surface area (Å²) in [5.41, 5.74) is 1.96. The minimum Gasteiger partial charge on any atom is -0.373 e. The van der Waals surface area contributed by atoms with Crippen molar-refractivity contribution >= 4 is 0 Å². The predicted molar refractivity (Wildman–Crippen MR) is 78.9 cm³/mol. The highest BCUT2D eigenvalue weighted by Crippen LogP contribution is 2.33. The molecule has 0 bridgehead atoms. The molecule has 0 aliphatic carbocycles. The van der Waals surface area contributed by atoms with Gasteiger partial charge in [0, 0.05) is 12.2 Å². The van der Waals surface area contributed by atoms with Crippen molar-refractivity contribution in [1.29, 1.82) is 0 Å². The van der Waals surface area contributed by atoms with E-state index in [9.17, 15) is 8.78 Å². The van der Waals surface area contributed by atoms with Crippen LogP contribution < -0.4 is 0 Å². The van der Waals surface area contributed by atoms with Crippen molar-refractivity contribution in [2.75, 3.05) is 6.61 Å². The normalized spacial score (nSPS) is 22.2. The Bertz CT molecular complexity index is 631. The molecule has 0 radical (unpaired) electrons. The lowest BCUT2D eigenvalue weighted by atomic mass is 9.94. The minimum absolute atomic E-state index is 0.164. The lowest BCUT2D eigenvalue weighted by Crippen LogP contribution is -2.19. The van der Waals surface area contributed by atoms with Crippen molar-refractivity contribution in [1.82, 2.24) is 0 Å². The molecule has 1 saturated heterocycles. The van der Waals surface area contributed by atoms with Gasteiger partial charge in [-0.3, -0.25) is 0 Å². The first kappa shape index (κ1) is 14.2. The second-order valence-electron chi connectivity index (χ2n) is 5.75. The van der Waals surface area contributed by atoms with Crippen LogP contribution in [0.25, 0.3) is 11.1 Å². The monoisotopic (exact) mass is 288 g/mol. The molecule has 2 aromatic rings. The molecule has 1 nitrogen and oxygen atoms in total. The van der Waals surface area contributed by atoms with E-state index in [-0.39, 0.29) is 17.7 Å². The van der Waals surface area contributed by atoms with Gasteiger partial charge in [0.25, 0.3) is 0 Å². The Morgan fingerprint density at radius 2 is 1.81 bits per heavy atom. The van der Waals surface area contributed by atoms with Crippen LogP contribution in [0.3, 0.4) is 0 Å². The maximum Gasteiger partial charge on any atom is 0.129 e. The summed E-state index contributed by atoms with van der Waals surface area (Å²) >= 11 is 0. The van der Waals surface area contributed by atoms with Gasteiger partial charge in [0.1, 0.15) is 11.6 Å². The van der Waals surface area contributed by atoms with Crippen LogP contribution in [0.15, 0.2) is 42.5 Å². The van der Waals surface area contributed by atoms with Crippen molar-refractivity contribution in [3.63, 3.8) is 0 Å². The molecule has 1 aliphatic rings. The van der Waals surface area contributed by atoms with Gasteiger partial charge in [0.05, 0.1) is 6.10 Å². The Kier molecular flexibility index (Phi) is 4.02. The maximum absolute atomic E-state index is 14.3. The lowest BCUT2D eigenvalue weighted by Gasteiger charge is -2.27. The van der Waals surface area contributed by atoms with Crippen LogP contribution in [0.2, 0.25) is 0 Å². The molecule has 1 heterocycles. The highest BCUT2D eigenvalue weighted by Gasteiger charge is 2.23. The fourth-order valence-corrected chi connectivity index (χ4v) is 2.76. The molecule has 2 unspecified atom stereocenters. The smallest absolute Gasteiger partial charge is 0.129 e. The molecule has 2 atom stereocenters. The summed E-state index contributed by atoms with van der Waals surface area (Å²) < 4.78 is 33.3. The van der Waals surface area contributed by atoms with Crippen LogP contribution in [0.1, 0.15) is 31.4 Å². The van der Waals surface area contributed by atoms with Crippen LogP contribution in [0, 0.1) is 17.6 Å². The lowest BCUT2D eigenvalue weighted by molar-refractivity contribution is -0.0141. The van der Waals surface area contributed by atoms with Gasteiger partial charge in [0.2, 0.25) is 0 Å². The van der Waals surface area contributed by atoms with Crippen molar-refractivity contribution in [3.05, 3.63) is 59.7 Å². The third kappa shape index (κ3) is 3.13. The van der Waals surface area contributed by atoms with E-state index in [0.717, 1.165) is 12.8 Å². The molecule has 0 N–H and O–H groups in total. The maximum atomic E-state index is 14.3. The Morgan fingerprint density at radius 1 is 1.00 bits per heavy atom. The molecule has 2 aromatic carbocycles. The molecule has 0 amide bonds. The number of rotatable bonds is 2. The van der Waals surface area contributed by atoms with Crippen LogP contribution in [-0.2, 0) is 4.74 Å². The molecule has 0 saturated carbocycles. The summed E-state index contributed by atoms with van der Waals surface area (Å²) in [6, 6.07) is 11.2. The number of hydrogen-bond donors (Lipinski definition) is 0. The Morgan fingerprint density at radius 3 is 2.48 bits per heavy atom. The van der Waals surface area contributed by atoms with Crippen LogP contribution in [0.5, 0.6) is 0 Å². The average Bonchev–Trinajstić information content (AvgIpc) is 2.48. The number of ether oxygens (including phenoxy) is 1. The average molecular weight is 288 g/mol. The van der Waals surface area contributed by atoms with Crippen LogP contribution >= 0.6 is 0 Å². The van der Waals surface area contributed by atoms with Gasteiger partial charge in [-0.2, -0.15) is 0 Å². The van der Waals surface area contributed by atoms with Gasteiger partial charge < -0.3 is 4.74 Å². The third-order valence-electron chi connectivity index (χ3n) is 4.01. The molecule has 21 heavy (non-hydrogen) atoms. The quantitative estimate of drug-likeness (QED) is 0.745. The topological polar surface area (TPSA) is 9.23 Å². The predicted octanol–water partition coefficient (Wildman–Crippen LogP) is 5.12. The van der Waals surface area contributed by atoms with E-state index in [1.807, 2.05) is 6.07 Å². The van der Waals surface area contributed by atoms with Gasteiger partial charge in [-0.15, -0.1) is 0 Å². The first-order valence-corrected chi connectivity index (χ1v) is 7.30. The molecule has 1 aliphatic heterocycles. The van der Waals surface area contributed by atoms with Gasteiger partial charge in [-0.25, -0.2) is 8.78 Å². The minimum atomic E-state index is -0.318. The van der Waals surface area contributed by atoms with Crippen LogP contribution in [-0.4, -0.2) is 6.61 Å². The summed E-state index contributed by atoms with van der Waals surface area (Å²) in [5.74, 6) is -0.0613. The summed E-state index contributed by atoms with van der Waals surface area (Å²) in [4.78, 5) is 0. The van der Waals surface area contributed by atoms with E-state index in [4.69, 9.17) is 4.74 Å². The second-order valence-corrected chi connectivity index (χ2v) is 5.75. The second kappa shape index (κ2) is 5.94. The summed E-state index contributed by atoms with van der Waals surface area (Å²) in [6.45, 7) is 2.81. The van der Waals surface area contributed by atoms with Gasteiger partial charge in [-0.05, 0) is 48.1 Å². The van der Waals surface area contributed by atoms with E-state index >= 15 is 0 Å². The Balaban J connectivity index is 1.86. The van der Waals surface area contributed by atoms with Crippen molar-refractivity contribution in [2.24, 2.45) is 5.92 Å². The zero-order chi connectivity index (χ0) is 14.8. The number of benzene rings is 2. The number of halogens is 2. The third-order valence-corrected chi connectivity index (χ3v) is 4.01. The van der Waals surface area contributed by atoms with E-state index in [0.29, 0.717) is 29.2 Å². The molecule has 0 aromatic heterocycles. The van der Waals surface area contributed by atoms with E-state index in [1.165, 1.54) is 18.2 Å². The van der Waals surface area contributed by atoms with E-state index < -0.39 is 0 Å². The summed E-state index contributed by atoms with van der Waals surface area (Å²) in [5, 5.41) is 0. The van der Waals surface area contributed by atoms with Gasteiger partial charge in [0.15, 0.2) is 0 Å². The molecule has 3 heteroatoms. The Labute approximate surface area is 123 Å². The standard InChI is InChI=1S/C18H18F2O/c1-12-5-8-18(21-11-12)16-7-6-14(10-17(16)20)13-3-2-4-15(19)9-13/h2-4,6-7,9-10,12,18H,5,8,11H2,1H3. The summed E-state index contributed by atoms with van der Waals surface area (Å²) in [6.07, 6.45) is 1.73. The molecule has 0 spiro atoms. The Hall–Kier alpha value is -1.74.